The van der Waals surface area contributed by atoms with Gasteiger partial charge in [0, 0.05) is 9.90 Å². The van der Waals surface area contributed by atoms with Gasteiger partial charge in [-0.2, -0.15) is 0 Å². The molecule has 0 spiro atoms. The van der Waals surface area contributed by atoms with Crippen molar-refractivity contribution in [3.63, 3.8) is 0 Å². The SMILES string of the molecule is CCS(=O)(=O)c1nc(S(=O)(=O)c2ccc(Cl)cc2)c(NCc2cccs2)s1. The Morgan fingerprint density at radius 2 is 1.81 bits per heavy atom. The van der Waals surface area contributed by atoms with Gasteiger partial charge in [-0.1, -0.05) is 35.9 Å². The topological polar surface area (TPSA) is 93.2 Å². The molecule has 0 aliphatic heterocycles. The van der Waals surface area contributed by atoms with Crippen molar-refractivity contribution in [1.82, 2.24) is 4.98 Å². The molecule has 0 aliphatic rings. The monoisotopic (exact) mass is 462 g/mol. The van der Waals surface area contributed by atoms with Crippen LogP contribution < -0.4 is 5.32 Å². The summed E-state index contributed by atoms with van der Waals surface area (Å²) in [6, 6.07) is 9.44. The Morgan fingerprint density at radius 1 is 1.11 bits per heavy atom. The Kier molecular flexibility index (Phi) is 5.92. The van der Waals surface area contributed by atoms with E-state index in [4.69, 9.17) is 11.6 Å². The first-order valence-corrected chi connectivity index (χ1v) is 13.0. The number of anilines is 1. The van der Waals surface area contributed by atoms with E-state index in [0.29, 0.717) is 11.6 Å². The molecule has 0 radical (unpaired) electrons. The number of nitrogens with one attached hydrogen (secondary N) is 1. The summed E-state index contributed by atoms with van der Waals surface area (Å²) in [5.41, 5.74) is 0. The molecule has 27 heavy (non-hydrogen) atoms. The largest absolute Gasteiger partial charge is 0.370 e. The van der Waals surface area contributed by atoms with Crippen LogP contribution in [0.4, 0.5) is 5.00 Å². The van der Waals surface area contributed by atoms with Gasteiger partial charge in [-0.3, -0.25) is 0 Å². The second kappa shape index (κ2) is 7.88. The quantitative estimate of drug-likeness (QED) is 0.568. The van der Waals surface area contributed by atoms with Gasteiger partial charge in [0.15, 0.2) is 5.03 Å². The van der Waals surface area contributed by atoms with Gasteiger partial charge in [-0.25, -0.2) is 21.8 Å². The van der Waals surface area contributed by atoms with Crippen LogP contribution in [0.25, 0.3) is 0 Å². The van der Waals surface area contributed by atoms with Crippen molar-refractivity contribution in [2.75, 3.05) is 11.1 Å². The number of thiophene rings is 1. The third kappa shape index (κ3) is 4.35. The zero-order chi connectivity index (χ0) is 19.7. The van der Waals surface area contributed by atoms with Gasteiger partial charge in [0.1, 0.15) is 5.00 Å². The minimum Gasteiger partial charge on any atom is -0.370 e. The predicted octanol–water partition coefficient (Wildman–Crippen LogP) is 4.10. The minimum absolute atomic E-state index is 0.00294. The Balaban J connectivity index is 2.07. The Labute approximate surface area is 170 Å². The Morgan fingerprint density at radius 3 is 2.41 bits per heavy atom. The standard InChI is InChI=1S/C16H15ClN2O4S4/c1-2-26(20,21)16-19-15(14(25-16)18-10-12-4-3-9-24-12)27(22,23)13-7-5-11(17)6-8-13/h3-9,18H,2,10H2,1H3. The lowest BCUT2D eigenvalue weighted by molar-refractivity contribution is 0.590. The minimum atomic E-state index is -4.01. The number of thiazole rings is 1. The van der Waals surface area contributed by atoms with Crippen LogP contribution in [0.5, 0.6) is 0 Å². The molecule has 0 unspecified atom stereocenters. The summed E-state index contributed by atoms with van der Waals surface area (Å²) in [7, 11) is -7.64. The van der Waals surface area contributed by atoms with E-state index in [-0.39, 0.29) is 25.0 Å². The molecule has 0 aliphatic carbocycles. The molecule has 2 aromatic heterocycles. The van der Waals surface area contributed by atoms with Gasteiger partial charge in [-0.05, 0) is 35.7 Å². The number of hydrogen-bond donors (Lipinski definition) is 1. The lowest BCUT2D eigenvalue weighted by atomic mass is 10.4. The summed E-state index contributed by atoms with van der Waals surface area (Å²) >= 11 is 8.17. The van der Waals surface area contributed by atoms with Crippen molar-refractivity contribution in [3.8, 4) is 0 Å². The summed E-state index contributed by atoms with van der Waals surface area (Å²) in [5, 5.41) is 5.23. The fourth-order valence-electron chi connectivity index (χ4n) is 2.14. The van der Waals surface area contributed by atoms with Crippen molar-refractivity contribution in [3.05, 3.63) is 51.7 Å². The first-order valence-electron chi connectivity index (χ1n) is 7.74. The van der Waals surface area contributed by atoms with Crippen LogP contribution in [0.15, 0.2) is 56.0 Å². The van der Waals surface area contributed by atoms with Crippen molar-refractivity contribution in [2.45, 2.75) is 27.7 Å². The van der Waals surface area contributed by atoms with Gasteiger partial charge in [0.25, 0.3) is 0 Å². The number of nitrogens with zero attached hydrogens (tertiary/aromatic N) is 1. The molecule has 3 rings (SSSR count). The smallest absolute Gasteiger partial charge is 0.226 e. The molecule has 0 amide bonds. The average Bonchev–Trinajstić information content (AvgIpc) is 3.30. The number of sulfone groups is 2. The van der Waals surface area contributed by atoms with Gasteiger partial charge in [-0.15, -0.1) is 11.3 Å². The highest BCUT2D eigenvalue weighted by molar-refractivity contribution is 7.94. The Hall–Kier alpha value is -1.46. The second-order valence-corrected chi connectivity index (χ2v) is 12.2. The van der Waals surface area contributed by atoms with E-state index in [1.807, 2.05) is 17.5 Å². The number of hydrogen-bond acceptors (Lipinski definition) is 8. The van der Waals surface area contributed by atoms with Crippen molar-refractivity contribution in [2.24, 2.45) is 0 Å². The van der Waals surface area contributed by atoms with E-state index in [1.165, 1.54) is 42.5 Å². The average molecular weight is 463 g/mol. The van der Waals surface area contributed by atoms with Crippen LogP contribution in [0, 0.1) is 0 Å². The third-order valence-corrected chi connectivity index (χ3v) is 9.76. The second-order valence-electron chi connectivity index (χ2n) is 5.41. The van der Waals surface area contributed by atoms with Crippen molar-refractivity contribution < 1.29 is 16.8 Å². The van der Waals surface area contributed by atoms with Crippen molar-refractivity contribution >= 4 is 59.0 Å². The third-order valence-electron chi connectivity index (χ3n) is 3.60. The maximum Gasteiger partial charge on any atom is 0.226 e. The summed E-state index contributed by atoms with van der Waals surface area (Å²) in [6.45, 7) is 1.86. The first-order chi connectivity index (χ1) is 12.7. The van der Waals surface area contributed by atoms with Crippen LogP contribution in [0.3, 0.4) is 0 Å². The molecule has 0 saturated heterocycles. The molecule has 144 valence electrons. The molecular formula is C16H15ClN2O4S4. The van der Waals surface area contributed by atoms with Gasteiger partial charge in [0.05, 0.1) is 17.2 Å². The number of rotatable bonds is 7. The highest BCUT2D eigenvalue weighted by atomic mass is 35.5. The number of aromatic nitrogens is 1. The molecule has 0 bridgehead atoms. The van der Waals surface area contributed by atoms with Gasteiger partial charge < -0.3 is 5.32 Å². The highest BCUT2D eigenvalue weighted by Crippen LogP contribution is 2.35. The Bertz CT molecular complexity index is 1140. The lowest BCUT2D eigenvalue weighted by Gasteiger charge is -2.06. The van der Waals surface area contributed by atoms with Crippen LogP contribution in [0.2, 0.25) is 5.02 Å². The molecule has 0 atom stereocenters. The van der Waals surface area contributed by atoms with Gasteiger partial charge in [0.2, 0.25) is 24.0 Å². The van der Waals surface area contributed by atoms with E-state index in [2.05, 4.69) is 10.3 Å². The maximum atomic E-state index is 13.0. The highest BCUT2D eigenvalue weighted by Gasteiger charge is 2.30. The van der Waals surface area contributed by atoms with Crippen LogP contribution >= 0.6 is 34.3 Å². The van der Waals surface area contributed by atoms with Gasteiger partial charge >= 0.3 is 0 Å². The molecular weight excluding hydrogens is 448 g/mol. The predicted molar refractivity (Wildman–Crippen MR) is 108 cm³/mol. The molecule has 2 heterocycles. The summed E-state index contributed by atoms with van der Waals surface area (Å²) < 4.78 is 50.3. The molecule has 1 aromatic carbocycles. The first kappa shape index (κ1) is 20.3. The van der Waals surface area contributed by atoms with E-state index in [1.54, 1.807) is 0 Å². The zero-order valence-corrected chi connectivity index (χ0v) is 18.1. The summed E-state index contributed by atoms with van der Waals surface area (Å²) in [4.78, 5) is 4.96. The zero-order valence-electron chi connectivity index (χ0n) is 14.0. The summed E-state index contributed by atoms with van der Waals surface area (Å²) in [5.74, 6) is -0.161. The van der Waals surface area contributed by atoms with Crippen molar-refractivity contribution in [1.29, 1.82) is 0 Å². The molecule has 1 N–H and O–H groups in total. The molecule has 3 aromatic rings. The fourth-order valence-corrected chi connectivity index (χ4v) is 6.91. The van der Waals surface area contributed by atoms with E-state index in [0.717, 1.165) is 16.2 Å². The summed E-state index contributed by atoms with van der Waals surface area (Å²) in [6.07, 6.45) is 0. The van der Waals surface area contributed by atoms with Crippen LogP contribution in [0.1, 0.15) is 11.8 Å². The molecule has 6 nitrogen and oxygen atoms in total. The van der Waals surface area contributed by atoms with E-state index in [9.17, 15) is 16.8 Å². The van der Waals surface area contributed by atoms with E-state index >= 15 is 0 Å². The van der Waals surface area contributed by atoms with E-state index < -0.39 is 19.7 Å². The lowest BCUT2D eigenvalue weighted by Crippen LogP contribution is -2.08. The molecule has 0 fully saturated rings. The molecule has 11 heteroatoms. The fraction of sp³-hybridized carbons (Fsp3) is 0.188. The number of halogens is 1. The number of benzene rings is 1. The normalized spacial score (nSPS) is 12.2. The molecule has 0 saturated carbocycles. The van der Waals surface area contributed by atoms with Crippen LogP contribution in [-0.2, 0) is 26.2 Å². The maximum absolute atomic E-state index is 13.0. The van der Waals surface area contributed by atoms with Crippen LogP contribution in [-0.4, -0.2) is 27.6 Å².